The highest BCUT2D eigenvalue weighted by atomic mass is 16.5. The van der Waals surface area contributed by atoms with Gasteiger partial charge in [-0.05, 0) is 19.3 Å². The van der Waals surface area contributed by atoms with Crippen molar-refractivity contribution in [1.29, 1.82) is 0 Å². The Labute approximate surface area is 101 Å². The molecule has 1 saturated carbocycles. The zero-order valence-corrected chi connectivity index (χ0v) is 10.2. The first-order valence-electron chi connectivity index (χ1n) is 5.89. The molecule has 0 heterocycles. The van der Waals surface area contributed by atoms with Crippen LogP contribution in [-0.2, 0) is 9.53 Å². The van der Waals surface area contributed by atoms with E-state index in [2.05, 4.69) is 10.6 Å². The first kappa shape index (κ1) is 13.8. The Kier molecular flexibility index (Phi) is 5.21. The maximum absolute atomic E-state index is 11.5. The van der Waals surface area contributed by atoms with Gasteiger partial charge in [0.1, 0.15) is 6.04 Å². The van der Waals surface area contributed by atoms with Gasteiger partial charge in [-0.2, -0.15) is 0 Å². The summed E-state index contributed by atoms with van der Waals surface area (Å²) in [5.41, 5.74) is 0. The molecule has 0 saturated heterocycles. The maximum Gasteiger partial charge on any atom is 0.326 e. The summed E-state index contributed by atoms with van der Waals surface area (Å²) in [7, 11) is 1.64. The summed E-state index contributed by atoms with van der Waals surface area (Å²) in [6.07, 6.45) is 2.94. The van der Waals surface area contributed by atoms with Gasteiger partial charge in [0, 0.05) is 13.2 Å². The summed E-state index contributed by atoms with van der Waals surface area (Å²) < 4.78 is 5.09. The third-order valence-corrected chi connectivity index (χ3v) is 2.94. The highest BCUT2D eigenvalue weighted by molar-refractivity contribution is 5.82. The lowest BCUT2D eigenvalue weighted by atomic mass is 9.89. The molecule has 0 radical (unpaired) electrons. The zero-order valence-electron chi connectivity index (χ0n) is 10.2. The van der Waals surface area contributed by atoms with E-state index in [1.165, 1.54) is 0 Å². The van der Waals surface area contributed by atoms with E-state index in [9.17, 15) is 9.59 Å². The molecule has 1 aliphatic carbocycles. The van der Waals surface area contributed by atoms with Gasteiger partial charge in [-0.3, -0.25) is 0 Å². The molecule has 0 aromatic carbocycles. The first-order chi connectivity index (χ1) is 8.06. The molecule has 1 rings (SSSR count). The summed E-state index contributed by atoms with van der Waals surface area (Å²) >= 11 is 0. The number of carboxylic acid groups (broad SMARTS) is 1. The molecular formula is C11H20N2O4. The highest BCUT2D eigenvalue weighted by Crippen LogP contribution is 2.22. The van der Waals surface area contributed by atoms with Crippen LogP contribution in [-0.4, -0.2) is 42.4 Å². The van der Waals surface area contributed by atoms with Crippen LogP contribution in [0.25, 0.3) is 0 Å². The molecule has 0 spiro atoms. The molecule has 1 aliphatic rings. The number of carbonyl (C=O) groups excluding carboxylic acids is 1. The van der Waals surface area contributed by atoms with Crippen LogP contribution in [0.2, 0.25) is 0 Å². The molecule has 6 heteroatoms. The lowest BCUT2D eigenvalue weighted by molar-refractivity contribution is -0.139. The number of amides is 2. The van der Waals surface area contributed by atoms with Crippen LogP contribution in [0.4, 0.5) is 4.79 Å². The molecule has 6 nitrogen and oxygen atoms in total. The van der Waals surface area contributed by atoms with E-state index >= 15 is 0 Å². The van der Waals surface area contributed by atoms with Crippen molar-refractivity contribution < 1.29 is 19.4 Å². The third-order valence-electron chi connectivity index (χ3n) is 2.94. The number of carbonyl (C=O) groups is 2. The second-order valence-electron chi connectivity index (χ2n) is 4.32. The number of rotatable bonds is 6. The smallest absolute Gasteiger partial charge is 0.326 e. The summed E-state index contributed by atoms with van der Waals surface area (Å²) in [5.74, 6) is -0.995. The minimum atomic E-state index is -0.995. The van der Waals surface area contributed by atoms with E-state index in [4.69, 9.17) is 9.84 Å². The number of urea groups is 1. The van der Waals surface area contributed by atoms with Gasteiger partial charge in [-0.15, -0.1) is 0 Å². The molecule has 0 bridgehead atoms. The fourth-order valence-corrected chi connectivity index (χ4v) is 1.81. The van der Waals surface area contributed by atoms with Crippen LogP contribution in [0.15, 0.2) is 0 Å². The van der Waals surface area contributed by atoms with Crippen LogP contribution in [0.5, 0.6) is 0 Å². The quantitative estimate of drug-likeness (QED) is 0.642. The largest absolute Gasteiger partial charge is 0.480 e. The Morgan fingerprint density at radius 2 is 2.12 bits per heavy atom. The number of carboxylic acids is 1. The minimum Gasteiger partial charge on any atom is -0.480 e. The Morgan fingerprint density at radius 3 is 2.59 bits per heavy atom. The van der Waals surface area contributed by atoms with Crippen molar-refractivity contribution in [3.8, 4) is 0 Å². The molecular weight excluding hydrogens is 224 g/mol. The van der Waals surface area contributed by atoms with Crippen LogP contribution in [0, 0.1) is 0 Å². The van der Waals surface area contributed by atoms with Gasteiger partial charge in [0.15, 0.2) is 0 Å². The van der Waals surface area contributed by atoms with Crippen molar-refractivity contribution in [3.63, 3.8) is 0 Å². The summed E-state index contributed by atoms with van der Waals surface area (Å²) in [6, 6.07) is -1.13. The topological polar surface area (TPSA) is 87.7 Å². The van der Waals surface area contributed by atoms with Gasteiger partial charge in [0.05, 0.1) is 6.10 Å². The van der Waals surface area contributed by atoms with E-state index in [-0.39, 0.29) is 12.1 Å². The molecule has 1 atom stereocenters. The highest BCUT2D eigenvalue weighted by Gasteiger charge is 2.30. The number of nitrogens with one attached hydrogen (secondary N) is 2. The Morgan fingerprint density at radius 1 is 1.47 bits per heavy atom. The molecule has 3 N–H and O–H groups in total. The van der Waals surface area contributed by atoms with Crippen LogP contribution >= 0.6 is 0 Å². The molecule has 98 valence electrons. The van der Waals surface area contributed by atoms with Crippen molar-refractivity contribution in [2.24, 2.45) is 0 Å². The number of methoxy groups -OCH3 is 1. The monoisotopic (exact) mass is 244 g/mol. The van der Waals surface area contributed by atoms with Crippen LogP contribution in [0.3, 0.4) is 0 Å². The van der Waals surface area contributed by atoms with Gasteiger partial charge < -0.3 is 20.5 Å². The Bertz CT molecular complexity index is 277. The SMILES string of the molecule is CCC[C@@H](NC(=O)NC1CC(OC)C1)C(=O)O. The molecule has 17 heavy (non-hydrogen) atoms. The zero-order chi connectivity index (χ0) is 12.8. The van der Waals surface area contributed by atoms with E-state index in [1.54, 1.807) is 7.11 Å². The molecule has 0 aliphatic heterocycles. The normalized spacial score (nSPS) is 24.6. The third kappa shape index (κ3) is 4.22. The molecule has 2 amide bonds. The van der Waals surface area contributed by atoms with Crippen molar-refractivity contribution in [1.82, 2.24) is 10.6 Å². The number of ether oxygens (including phenoxy) is 1. The van der Waals surface area contributed by atoms with Gasteiger partial charge in [0.2, 0.25) is 0 Å². The number of aliphatic carboxylic acids is 1. The Hall–Kier alpha value is -1.30. The number of hydrogen-bond donors (Lipinski definition) is 3. The summed E-state index contributed by atoms with van der Waals surface area (Å²) in [4.78, 5) is 22.3. The lowest BCUT2D eigenvalue weighted by Gasteiger charge is -2.34. The van der Waals surface area contributed by atoms with Gasteiger partial charge >= 0.3 is 12.0 Å². The van der Waals surface area contributed by atoms with Crippen molar-refractivity contribution >= 4 is 12.0 Å². The molecule has 0 aromatic heterocycles. The summed E-state index contributed by atoms with van der Waals surface area (Å²) in [6.45, 7) is 1.88. The lowest BCUT2D eigenvalue weighted by Crippen LogP contribution is -2.53. The fraction of sp³-hybridized carbons (Fsp3) is 0.818. The summed E-state index contributed by atoms with van der Waals surface area (Å²) in [5, 5.41) is 14.1. The average molecular weight is 244 g/mol. The van der Waals surface area contributed by atoms with E-state index in [0.29, 0.717) is 12.8 Å². The van der Waals surface area contributed by atoms with Gasteiger partial charge in [-0.25, -0.2) is 9.59 Å². The predicted molar refractivity (Wildman–Crippen MR) is 61.8 cm³/mol. The second-order valence-corrected chi connectivity index (χ2v) is 4.32. The number of hydrogen-bond acceptors (Lipinski definition) is 3. The van der Waals surface area contributed by atoms with Crippen molar-refractivity contribution in [3.05, 3.63) is 0 Å². The van der Waals surface area contributed by atoms with Crippen LogP contribution in [0.1, 0.15) is 32.6 Å². The fourth-order valence-electron chi connectivity index (χ4n) is 1.81. The predicted octanol–water partition coefficient (Wildman–Crippen LogP) is 0.716. The molecule has 0 unspecified atom stereocenters. The standard InChI is InChI=1S/C11H20N2O4/c1-3-4-9(10(14)15)13-11(16)12-7-5-8(6-7)17-2/h7-9H,3-6H2,1-2H3,(H,14,15)(H2,12,13,16)/t7?,8?,9-/m1/s1. The minimum absolute atomic E-state index is 0.0935. The second kappa shape index (κ2) is 6.44. The maximum atomic E-state index is 11.5. The first-order valence-corrected chi connectivity index (χ1v) is 5.89. The van der Waals surface area contributed by atoms with E-state index < -0.39 is 18.0 Å². The van der Waals surface area contributed by atoms with Crippen molar-refractivity contribution in [2.45, 2.75) is 50.8 Å². The van der Waals surface area contributed by atoms with E-state index in [1.807, 2.05) is 6.92 Å². The van der Waals surface area contributed by atoms with Gasteiger partial charge in [-0.1, -0.05) is 13.3 Å². The van der Waals surface area contributed by atoms with Gasteiger partial charge in [0.25, 0.3) is 0 Å². The molecule has 1 fully saturated rings. The Balaban J connectivity index is 2.26. The molecule has 0 aromatic rings. The van der Waals surface area contributed by atoms with Crippen LogP contribution < -0.4 is 10.6 Å². The van der Waals surface area contributed by atoms with E-state index in [0.717, 1.165) is 12.8 Å². The average Bonchev–Trinajstić information content (AvgIpc) is 2.22. The van der Waals surface area contributed by atoms with Crippen molar-refractivity contribution in [2.75, 3.05) is 7.11 Å².